The highest BCUT2D eigenvalue weighted by Gasteiger charge is 2.11. The van der Waals surface area contributed by atoms with Gasteiger partial charge in [0.05, 0.1) is 16.7 Å². The van der Waals surface area contributed by atoms with Gasteiger partial charge in [0.15, 0.2) is 6.61 Å². The Morgan fingerprint density at radius 3 is 2.37 bits per heavy atom. The molecular weight excluding hydrogens is 450 g/mol. The number of hydrogen-bond donors (Lipinski definition) is 1. The lowest BCUT2D eigenvalue weighted by atomic mass is 10.1. The summed E-state index contributed by atoms with van der Waals surface area (Å²) in [7, 11) is 0. The van der Waals surface area contributed by atoms with Gasteiger partial charge in [-0.2, -0.15) is 5.10 Å². The largest absolute Gasteiger partial charge is 0.483 e. The highest BCUT2D eigenvalue weighted by Crippen LogP contribution is 2.25. The van der Waals surface area contributed by atoms with Crippen molar-refractivity contribution in [3.63, 3.8) is 0 Å². The predicted molar refractivity (Wildman–Crippen MR) is 130 cm³/mol. The minimum atomic E-state index is -0.639. The van der Waals surface area contributed by atoms with Gasteiger partial charge in [-0.3, -0.25) is 14.9 Å². The summed E-state index contributed by atoms with van der Waals surface area (Å²) in [5.41, 5.74) is 3.14. The Hall–Kier alpha value is -5.05. The number of hydrazone groups is 1. The van der Waals surface area contributed by atoms with Crippen molar-refractivity contribution in [3.8, 4) is 11.5 Å². The van der Waals surface area contributed by atoms with E-state index in [0.717, 1.165) is 10.8 Å². The first-order valence-corrected chi connectivity index (χ1v) is 10.5. The molecule has 1 N–H and O–H groups in total. The van der Waals surface area contributed by atoms with Gasteiger partial charge in [-0.1, -0.05) is 36.4 Å². The van der Waals surface area contributed by atoms with E-state index in [1.807, 2.05) is 36.4 Å². The molecule has 4 aromatic carbocycles. The standard InChI is InChI=1S/C26H19N3O6/c30-25(17-34-24-7-3-5-19-4-1-2-6-23(19)24)28-27-16-18-8-14-22(15-9-18)35-26(31)20-10-12-21(13-11-20)29(32)33/h1-16H,17H2,(H,28,30)/b27-16+. The molecule has 4 aromatic rings. The van der Waals surface area contributed by atoms with E-state index in [0.29, 0.717) is 11.3 Å². The van der Waals surface area contributed by atoms with Gasteiger partial charge in [0.2, 0.25) is 0 Å². The minimum Gasteiger partial charge on any atom is -0.483 e. The van der Waals surface area contributed by atoms with E-state index in [1.54, 1.807) is 30.3 Å². The molecule has 35 heavy (non-hydrogen) atoms. The van der Waals surface area contributed by atoms with Crippen LogP contribution in [0.4, 0.5) is 5.69 Å². The Balaban J connectivity index is 1.27. The second-order valence-corrected chi connectivity index (χ2v) is 7.32. The maximum absolute atomic E-state index is 12.2. The van der Waals surface area contributed by atoms with E-state index in [1.165, 1.54) is 30.5 Å². The highest BCUT2D eigenvalue weighted by atomic mass is 16.6. The molecule has 0 fully saturated rings. The summed E-state index contributed by atoms with van der Waals surface area (Å²) in [6.45, 7) is -0.192. The molecule has 9 heteroatoms. The van der Waals surface area contributed by atoms with Crippen LogP contribution < -0.4 is 14.9 Å². The maximum atomic E-state index is 12.2. The zero-order valence-electron chi connectivity index (χ0n) is 18.3. The summed E-state index contributed by atoms with van der Waals surface area (Å²) in [5, 5.41) is 16.5. The molecule has 0 spiro atoms. The van der Waals surface area contributed by atoms with Crippen LogP contribution in [-0.2, 0) is 4.79 Å². The first-order valence-electron chi connectivity index (χ1n) is 10.5. The van der Waals surface area contributed by atoms with Crippen molar-refractivity contribution in [1.82, 2.24) is 5.43 Å². The number of benzene rings is 4. The van der Waals surface area contributed by atoms with E-state index >= 15 is 0 Å². The molecule has 0 bridgehead atoms. The van der Waals surface area contributed by atoms with Crippen molar-refractivity contribution in [2.24, 2.45) is 5.10 Å². The molecule has 1 amide bonds. The third-order valence-electron chi connectivity index (χ3n) is 4.92. The number of non-ortho nitro benzene ring substituents is 1. The Morgan fingerprint density at radius 2 is 1.63 bits per heavy atom. The van der Waals surface area contributed by atoms with Gasteiger partial charge in [0.1, 0.15) is 11.5 Å². The summed E-state index contributed by atoms with van der Waals surface area (Å²) < 4.78 is 10.9. The van der Waals surface area contributed by atoms with Crippen molar-refractivity contribution in [2.75, 3.05) is 6.61 Å². The number of nitro groups is 1. The molecule has 0 aliphatic heterocycles. The van der Waals surface area contributed by atoms with E-state index in [2.05, 4.69) is 10.5 Å². The monoisotopic (exact) mass is 469 g/mol. The normalized spacial score (nSPS) is 10.7. The number of nitro benzene ring substituents is 1. The number of carbonyl (C=O) groups excluding carboxylic acids is 2. The molecule has 0 atom stereocenters. The van der Waals surface area contributed by atoms with Gasteiger partial charge in [-0.15, -0.1) is 0 Å². The zero-order valence-corrected chi connectivity index (χ0v) is 18.3. The number of fused-ring (bicyclic) bond motifs is 1. The number of ether oxygens (including phenoxy) is 2. The van der Waals surface area contributed by atoms with E-state index in [4.69, 9.17) is 9.47 Å². The lowest BCUT2D eigenvalue weighted by molar-refractivity contribution is -0.384. The van der Waals surface area contributed by atoms with Crippen LogP contribution in [0.1, 0.15) is 15.9 Å². The molecule has 0 aromatic heterocycles. The predicted octanol–water partition coefficient (Wildman–Crippen LogP) is 4.50. The van der Waals surface area contributed by atoms with Crippen molar-refractivity contribution < 1.29 is 24.0 Å². The van der Waals surface area contributed by atoms with Gasteiger partial charge in [-0.25, -0.2) is 10.2 Å². The van der Waals surface area contributed by atoms with Crippen LogP contribution in [0.3, 0.4) is 0 Å². The van der Waals surface area contributed by atoms with Crippen LogP contribution in [0.2, 0.25) is 0 Å². The quantitative estimate of drug-likeness (QED) is 0.133. The molecule has 0 saturated heterocycles. The molecule has 0 aliphatic carbocycles. The topological polar surface area (TPSA) is 120 Å². The summed E-state index contributed by atoms with van der Waals surface area (Å²) in [4.78, 5) is 34.4. The Labute approximate surface area is 199 Å². The fourth-order valence-corrected chi connectivity index (χ4v) is 3.18. The first kappa shape index (κ1) is 23.1. The van der Waals surface area contributed by atoms with E-state index < -0.39 is 16.8 Å². The number of hydrogen-bond acceptors (Lipinski definition) is 7. The smallest absolute Gasteiger partial charge is 0.343 e. The van der Waals surface area contributed by atoms with Crippen LogP contribution in [0.25, 0.3) is 10.8 Å². The third kappa shape index (κ3) is 6.05. The molecular formula is C26H19N3O6. The molecule has 9 nitrogen and oxygen atoms in total. The number of carbonyl (C=O) groups is 2. The van der Waals surface area contributed by atoms with Gasteiger partial charge in [0, 0.05) is 17.5 Å². The van der Waals surface area contributed by atoms with Crippen LogP contribution in [-0.4, -0.2) is 29.6 Å². The summed E-state index contributed by atoms with van der Waals surface area (Å²) in [6.07, 6.45) is 1.44. The summed E-state index contributed by atoms with van der Waals surface area (Å²) in [6, 6.07) is 24.9. The lowest BCUT2D eigenvalue weighted by Crippen LogP contribution is -2.24. The second-order valence-electron chi connectivity index (χ2n) is 7.32. The third-order valence-corrected chi connectivity index (χ3v) is 4.92. The number of nitrogens with one attached hydrogen (secondary N) is 1. The van der Waals surface area contributed by atoms with Crippen molar-refractivity contribution in [1.29, 1.82) is 0 Å². The molecule has 0 aliphatic rings. The maximum Gasteiger partial charge on any atom is 0.343 e. The van der Waals surface area contributed by atoms with Gasteiger partial charge >= 0.3 is 5.97 Å². The molecule has 4 rings (SSSR count). The average Bonchev–Trinajstić information content (AvgIpc) is 2.88. The Bertz CT molecular complexity index is 1390. The minimum absolute atomic E-state index is 0.114. The Kier molecular flexibility index (Phi) is 7.08. The highest BCUT2D eigenvalue weighted by molar-refractivity contribution is 5.91. The fraction of sp³-hybridized carbons (Fsp3) is 0.0385. The van der Waals surface area contributed by atoms with Crippen molar-refractivity contribution in [2.45, 2.75) is 0 Å². The van der Waals surface area contributed by atoms with Crippen LogP contribution in [0.15, 0.2) is 96.1 Å². The SMILES string of the molecule is O=C(COc1cccc2ccccc12)N/N=C/c1ccc(OC(=O)c2ccc([N+](=O)[O-])cc2)cc1. The van der Waals surface area contributed by atoms with Crippen LogP contribution in [0, 0.1) is 10.1 Å². The van der Waals surface area contributed by atoms with E-state index in [-0.39, 0.29) is 23.6 Å². The van der Waals surface area contributed by atoms with Crippen molar-refractivity contribution in [3.05, 3.63) is 112 Å². The molecule has 174 valence electrons. The molecule has 0 heterocycles. The van der Waals surface area contributed by atoms with Crippen molar-refractivity contribution >= 4 is 34.6 Å². The number of nitrogens with zero attached hydrogens (tertiary/aromatic N) is 2. The fourth-order valence-electron chi connectivity index (χ4n) is 3.18. The number of amides is 1. The number of esters is 1. The Morgan fingerprint density at radius 1 is 0.914 bits per heavy atom. The van der Waals surface area contributed by atoms with Gasteiger partial charge in [0.25, 0.3) is 11.6 Å². The summed E-state index contributed by atoms with van der Waals surface area (Å²) in [5.74, 6) is -0.151. The molecule has 0 radical (unpaired) electrons. The lowest BCUT2D eigenvalue weighted by Gasteiger charge is -2.08. The van der Waals surface area contributed by atoms with Crippen LogP contribution >= 0.6 is 0 Å². The first-order chi connectivity index (χ1) is 17.0. The van der Waals surface area contributed by atoms with Gasteiger partial charge < -0.3 is 9.47 Å². The summed E-state index contributed by atoms with van der Waals surface area (Å²) >= 11 is 0. The second kappa shape index (κ2) is 10.7. The average molecular weight is 469 g/mol. The number of rotatable bonds is 8. The zero-order chi connectivity index (χ0) is 24.6. The molecule has 0 unspecified atom stereocenters. The molecule has 0 saturated carbocycles. The van der Waals surface area contributed by atoms with Gasteiger partial charge in [-0.05, 0) is 53.4 Å². The van der Waals surface area contributed by atoms with E-state index in [9.17, 15) is 19.7 Å². The van der Waals surface area contributed by atoms with Crippen LogP contribution in [0.5, 0.6) is 11.5 Å².